The summed E-state index contributed by atoms with van der Waals surface area (Å²) >= 11 is 0. The van der Waals surface area contributed by atoms with Gasteiger partial charge in [0, 0.05) is 31.5 Å². The third-order valence-corrected chi connectivity index (χ3v) is 3.85. The summed E-state index contributed by atoms with van der Waals surface area (Å²) in [5.41, 5.74) is 2.84. The highest BCUT2D eigenvalue weighted by Crippen LogP contribution is 2.45. The van der Waals surface area contributed by atoms with E-state index in [1.54, 1.807) is 6.07 Å². The van der Waals surface area contributed by atoms with Crippen LogP contribution >= 0.6 is 0 Å². The number of methoxy groups -OCH3 is 1. The summed E-state index contributed by atoms with van der Waals surface area (Å²) in [7, 11) is 1.45. The van der Waals surface area contributed by atoms with E-state index in [1.165, 1.54) is 7.11 Å². The van der Waals surface area contributed by atoms with Crippen molar-refractivity contribution in [1.29, 1.82) is 0 Å². The maximum Gasteiger partial charge on any atom is 0.169 e. The first-order chi connectivity index (χ1) is 9.71. The molecule has 0 radical (unpaired) electrons. The molecule has 3 N–H and O–H groups in total. The first-order valence-corrected chi connectivity index (χ1v) is 6.32. The Labute approximate surface area is 115 Å². The van der Waals surface area contributed by atoms with E-state index >= 15 is 0 Å². The van der Waals surface area contributed by atoms with Gasteiger partial charge in [0.1, 0.15) is 0 Å². The molecular formula is C13H15N3O4. The van der Waals surface area contributed by atoms with Crippen molar-refractivity contribution in [3.63, 3.8) is 0 Å². The number of rotatable bonds is 1. The summed E-state index contributed by atoms with van der Waals surface area (Å²) in [5.74, 6) is 0.215. The molecular weight excluding hydrogens is 262 g/mol. The number of phenols is 1. The van der Waals surface area contributed by atoms with Crippen LogP contribution in [0.3, 0.4) is 0 Å². The van der Waals surface area contributed by atoms with Crippen molar-refractivity contribution in [3.8, 4) is 11.5 Å². The molecule has 7 heteroatoms. The van der Waals surface area contributed by atoms with E-state index in [0.717, 1.165) is 5.69 Å². The monoisotopic (exact) mass is 277 g/mol. The minimum atomic E-state index is -0.0528. The first kappa shape index (κ1) is 12.6. The molecule has 1 aromatic carbocycles. The first-order valence-electron chi connectivity index (χ1n) is 6.32. The summed E-state index contributed by atoms with van der Waals surface area (Å²) in [4.78, 5) is 2.09. The van der Waals surface area contributed by atoms with Crippen LogP contribution in [0.5, 0.6) is 11.5 Å². The van der Waals surface area contributed by atoms with Crippen LogP contribution < -0.4 is 9.64 Å². The number of phenolic OH excluding ortho intramolecular Hbond substituents is 1. The van der Waals surface area contributed by atoms with Gasteiger partial charge in [-0.15, -0.1) is 0 Å². The predicted molar refractivity (Wildman–Crippen MR) is 72.8 cm³/mol. The molecule has 0 unspecified atom stereocenters. The molecule has 3 rings (SSSR count). The molecule has 0 saturated heterocycles. The van der Waals surface area contributed by atoms with E-state index in [4.69, 9.17) is 15.2 Å². The molecule has 106 valence electrons. The Morgan fingerprint density at radius 3 is 2.40 bits per heavy atom. The molecule has 0 aliphatic carbocycles. The lowest BCUT2D eigenvalue weighted by Crippen LogP contribution is -2.39. The molecule has 2 heterocycles. The molecule has 2 aliphatic rings. The summed E-state index contributed by atoms with van der Waals surface area (Å²) in [5, 5.41) is 35.2. The SMILES string of the molecule is COc1cc2c3c(c1O)/C(=N/O)CCN3CC/C2=N\O. The van der Waals surface area contributed by atoms with Gasteiger partial charge in [0.2, 0.25) is 0 Å². The fourth-order valence-corrected chi connectivity index (χ4v) is 2.90. The Kier molecular flexibility index (Phi) is 2.89. The van der Waals surface area contributed by atoms with Crippen LogP contribution in [-0.4, -0.2) is 47.1 Å². The lowest BCUT2D eigenvalue weighted by molar-refractivity contribution is 0.316. The minimum Gasteiger partial charge on any atom is -0.504 e. The Morgan fingerprint density at radius 1 is 1.15 bits per heavy atom. The van der Waals surface area contributed by atoms with Gasteiger partial charge in [-0.2, -0.15) is 0 Å². The molecule has 0 saturated carbocycles. The van der Waals surface area contributed by atoms with Gasteiger partial charge in [-0.05, 0) is 6.07 Å². The second kappa shape index (κ2) is 4.59. The largest absolute Gasteiger partial charge is 0.504 e. The van der Waals surface area contributed by atoms with Crippen molar-refractivity contribution in [2.75, 3.05) is 25.1 Å². The number of benzene rings is 1. The van der Waals surface area contributed by atoms with Gasteiger partial charge >= 0.3 is 0 Å². The Hall–Kier alpha value is -2.44. The maximum atomic E-state index is 10.3. The van der Waals surface area contributed by atoms with E-state index in [1.807, 2.05) is 0 Å². The Balaban J connectivity index is 2.36. The minimum absolute atomic E-state index is 0.0528. The second-order valence-electron chi connectivity index (χ2n) is 4.78. The van der Waals surface area contributed by atoms with Gasteiger partial charge < -0.3 is 25.2 Å². The van der Waals surface area contributed by atoms with Crippen molar-refractivity contribution >= 4 is 17.1 Å². The molecule has 0 atom stereocenters. The fourth-order valence-electron chi connectivity index (χ4n) is 2.90. The summed E-state index contributed by atoms with van der Waals surface area (Å²) in [6.07, 6.45) is 1.15. The Morgan fingerprint density at radius 2 is 1.80 bits per heavy atom. The topological polar surface area (TPSA) is 97.9 Å². The number of hydrogen-bond acceptors (Lipinski definition) is 7. The van der Waals surface area contributed by atoms with Crippen molar-refractivity contribution in [1.82, 2.24) is 0 Å². The quantitative estimate of drug-likeness (QED) is 0.532. The lowest BCUT2D eigenvalue weighted by atomic mass is 9.88. The van der Waals surface area contributed by atoms with Gasteiger partial charge in [-0.1, -0.05) is 10.3 Å². The standard InChI is InChI=1S/C13H15N3O4/c1-20-10-6-7-8(14-18)2-4-16-5-3-9(15-19)11(12(7)16)13(10)17/h6,17-19H,2-5H2,1H3/b14-8+,15-9+. The van der Waals surface area contributed by atoms with E-state index in [0.29, 0.717) is 48.5 Å². The van der Waals surface area contributed by atoms with Crippen molar-refractivity contribution < 1.29 is 20.3 Å². The number of nitrogens with zero attached hydrogens (tertiary/aromatic N) is 3. The summed E-state index contributed by atoms with van der Waals surface area (Å²) in [6, 6.07) is 1.65. The zero-order valence-corrected chi connectivity index (χ0v) is 11.0. The lowest BCUT2D eigenvalue weighted by Gasteiger charge is -2.37. The highest BCUT2D eigenvalue weighted by atomic mass is 16.5. The van der Waals surface area contributed by atoms with E-state index in [2.05, 4.69) is 15.2 Å². The van der Waals surface area contributed by atoms with E-state index < -0.39 is 0 Å². The number of anilines is 1. The number of oxime groups is 2. The zero-order valence-electron chi connectivity index (χ0n) is 11.0. The van der Waals surface area contributed by atoms with E-state index in [9.17, 15) is 5.11 Å². The van der Waals surface area contributed by atoms with Crippen LogP contribution in [0.1, 0.15) is 24.0 Å². The molecule has 0 spiro atoms. The second-order valence-corrected chi connectivity index (χ2v) is 4.78. The van der Waals surface area contributed by atoms with E-state index in [-0.39, 0.29) is 11.5 Å². The zero-order chi connectivity index (χ0) is 14.3. The highest BCUT2D eigenvalue weighted by Gasteiger charge is 2.34. The maximum absolute atomic E-state index is 10.3. The fraction of sp³-hybridized carbons (Fsp3) is 0.385. The van der Waals surface area contributed by atoms with Crippen LogP contribution in [-0.2, 0) is 0 Å². The number of aromatic hydroxyl groups is 1. The Bertz CT molecular complexity index is 623. The van der Waals surface area contributed by atoms with Crippen LogP contribution in [0.25, 0.3) is 0 Å². The molecule has 0 bridgehead atoms. The smallest absolute Gasteiger partial charge is 0.169 e. The van der Waals surface area contributed by atoms with Crippen LogP contribution in [0.4, 0.5) is 5.69 Å². The molecule has 0 aromatic heterocycles. The molecule has 2 aliphatic heterocycles. The highest BCUT2D eigenvalue weighted by molar-refractivity contribution is 6.17. The van der Waals surface area contributed by atoms with Gasteiger partial charge in [0.05, 0.1) is 29.8 Å². The summed E-state index contributed by atoms with van der Waals surface area (Å²) in [6.45, 7) is 1.40. The van der Waals surface area contributed by atoms with Crippen molar-refractivity contribution in [2.45, 2.75) is 12.8 Å². The van der Waals surface area contributed by atoms with Gasteiger partial charge in [0.25, 0.3) is 0 Å². The van der Waals surface area contributed by atoms with Gasteiger partial charge in [-0.3, -0.25) is 0 Å². The third kappa shape index (κ3) is 1.59. The van der Waals surface area contributed by atoms with Gasteiger partial charge in [0.15, 0.2) is 11.5 Å². The predicted octanol–water partition coefficient (Wildman–Crippen LogP) is 1.37. The third-order valence-electron chi connectivity index (χ3n) is 3.85. The molecule has 20 heavy (non-hydrogen) atoms. The average Bonchev–Trinajstić information content (AvgIpc) is 2.50. The molecule has 0 amide bonds. The average molecular weight is 277 g/mol. The number of hydrogen-bond donors (Lipinski definition) is 3. The molecule has 7 nitrogen and oxygen atoms in total. The normalized spacial score (nSPS) is 21.1. The number of ether oxygens (including phenoxy) is 1. The molecule has 1 aromatic rings. The van der Waals surface area contributed by atoms with Crippen LogP contribution in [0.15, 0.2) is 16.4 Å². The van der Waals surface area contributed by atoms with Crippen LogP contribution in [0, 0.1) is 0 Å². The van der Waals surface area contributed by atoms with Crippen LogP contribution in [0.2, 0.25) is 0 Å². The molecule has 0 fully saturated rings. The van der Waals surface area contributed by atoms with Crippen molar-refractivity contribution in [3.05, 3.63) is 17.2 Å². The van der Waals surface area contributed by atoms with Crippen molar-refractivity contribution in [2.24, 2.45) is 10.3 Å². The summed E-state index contributed by atoms with van der Waals surface area (Å²) < 4.78 is 5.16. The van der Waals surface area contributed by atoms with Gasteiger partial charge in [-0.25, -0.2) is 0 Å².